The van der Waals surface area contributed by atoms with Crippen LogP contribution in [0, 0.1) is 13.8 Å². The molecule has 1 aromatic heterocycles. The van der Waals surface area contributed by atoms with E-state index in [1.807, 2.05) is 26.0 Å². The lowest BCUT2D eigenvalue weighted by atomic mass is 10.1. The van der Waals surface area contributed by atoms with Crippen LogP contribution in [-0.4, -0.2) is 4.98 Å². The van der Waals surface area contributed by atoms with Gasteiger partial charge in [0.05, 0.1) is 11.9 Å². The summed E-state index contributed by atoms with van der Waals surface area (Å²) >= 11 is 0. The minimum atomic E-state index is 0.555. The van der Waals surface area contributed by atoms with E-state index >= 15 is 0 Å². The van der Waals surface area contributed by atoms with Gasteiger partial charge in [-0.15, -0.1) is 0 Å². The summed E-state index contributed by atoms with van der Waals surface area (Å²) in [4.78, 5) is 4.09. The Morgan fingerprint density at radius 1 is 1.06 bits per heavy atom. The SMILES string of the molecule is Cc1cc(C)cc(Oc2ccc(N)cn2)c1. The second kappa shape index (κ2) is 4.23. The van der Waals surface area contributed by atoms with Crippen LogP contribution in [0.2, 0.25) is 0 Å². The average Bonchev–Trinajstić information content (AvgIpc) is 2.20. The summed E-state index contributed by atoms with van der Waals surface area (Å²) in [6.07, 6.45) is 1.58. The quantitative estimate of drug-likeness (QED) is 0.835. The molecule has 0 spiro atoms. The van der Waals surface area contributed by atoms with Crippen molar-refractivity contribution < 1.29 is 4.74 Å². The molecule has 0 saturated carbocycles. The van der Waals surface area contributed by atoms with Crippen LogP contribution < -0.4 is 10.5 Å². The van der Waals surface area contributed by atoms with E-state index in [9.17, 15) is 0 Å². The highest BCUT2D eigenvalue weighted by molar-refractivity contribution is 5.39. The molecule has 0 fully saturated rings. The minimum absolute atomic E-state index is 0.555. The number of nitrogen functional groups attached to an aromatic ring is 1. The van der Waals surface area contributed by atoms with Gasteiger partial charge in [-0.3, -0.25) is 0 Å². The average molecular weight is 214 g/mol. The van der Waals surface area contributed by atoms with Crippen LogP contribution in [0.25, 0.3) is 0 Å². The monoisotopic (exact) mass is 214 g/mol. The smallest absolute Gasteiger partial charge is 0.219 e. The molecule has 0 atom stereocenters. The summed E-state index contributed by atoms with van der Waals surface area (Å²) in [6, 6.07) is 9.58. The molecular formula is C13H14N2O. The van der Waals surface area contributed by atoms with Gasteiger partial charge in [0, 0.05) is 6.07 Å². The van der Waals surface area contributed by atoms with Crippen LogP contribution >= 0.6 is 0 Å². The summed E-state index contributed by atoms with van der Waals surface area (Å²) < 4.78 is 5.63. The van der Waals surface area contributed by atoms with Crippen LogP contribution in [0.3, 0.4) is 0 Å². The summed E-state index contributed by atoms with van der Waals surface area (Å²) in [7, 11) is 0. The molecule has 16 heavy (non-hydrogen) atoms. The molecule has 0 amide bonds. The first kappa shape index (κ1) is 10.5. The highest BCUT2D eigenvalue weighted by Gasteiger charge is 2.00. The standard InChI is InChI=1S/C13H14N2O/c1-9-5-10(2)7-12(6-9)16-13-4-3-11(14)8-15-13/h3-8H,14H2,1-2H3. The first-order valence-corrected chi connectivity index (χ1v) is 5.11. The van der Waals surface area contributed by atoms with Gasteiger partial charge in [0.15, 0.2) is 0 Å². The number of anilines is 1. The summed E-state index contributed by atoms with van der Waals surface area (Å²) in [5, 5.41) is 0. The lowest BCUT2D eigenvalue weighted by Gasteiger charge is -2.06. The third kappa shape index (κ3) is 2.51. The molecule has 1 aromatic carbocycles. The zero-order valence-electron chi connectivity index (χ0n) is 9.40. The molecule has 0 aliphatic carbocycles. The van der Waals surface area contributed by atoms with Crippen LogP contribution in [0.1, 0.15) is 11.1 Å². The van der Waals surface area contributed by atoms with E-state index in [0.29, 0.717) is 11.6 Å². The van der Waals surface area contributed by atoms with Gasteiger partial charge in [-0.25, -0.2) is 4.98 Å². The van der Waals surface area contributed by atoms with Crippen LogP contribution in [0.15, 0.2) is 36.5 Å². The Hall–Kier alpha value is -2.03. The molecule has 2 rings (SSSR count). The van der Waals surface area contributed by atoms with Gasteiger partial charge in [-0.1, -0.05) is 6.07 Å². The van der Waals surface area contributed by atoms with Crippen molar-refractivity contribution in [2.24, 2.45) is 0 Å². The van der Waals surface area contributed by atoms with Gasteiger partial charge in [0.25, 0.3) is 0 Å². The molecular weight excluding hydrogens is 200 g/mol. The lowest BCUT2D eigenvalue weighted by Crippen LogP contribution is -1.91. The Morgan fingerprint density at radius 2 is 1.75 bits per heavy atom. The maximum absolute atomic E-state index is 5.63. The molecule has 0 saturated heterocycles. The lowest BCUT2D eigenvalue weighted by molar-refractivity contribution is 0.462. The predicted molar refractivity (Wildman–Crippen MR) is 64.6 cm³/mol. The molecule has 1 heterocycles. The van der Waals surface area contributed by atoms with Crippen molar-refractivity contribution in [2.75, 3.05) is 5.73 Å². The molecule has 3 heteroatoms. The third-order valence-electron chi connectivity index (χ3n) is 2.18. The van der Waals surface area contributed by atoms with E-state index in [-0.39, 0.29) is 0 Å². The summed E-state index contributed by atoms with van der Waals surface area (Å²) in [5.41, 5.74) is 8.53. The van der Waals surface area contributed by atoms with Crippen LogP contribution in [-0.2, 0) is 0 Å². The fourth-order valence-electron chi connectivity index (χ4n) is 1.56. The Labute approximate surface area is 94.9 Å². The minimum Gasteiger partial charge on any atom is -0.439 e. The molecule has 0 aliphatic heterocycles. The van der Waals surface area contributed by atoms with Crippen LogP contribution in [0.5, 0.6) is 11.6 Å². The van der Waals surface area contributed by atoms with Crippen molar-refractivity contribution in [1.29, 1.82) is 0 Å². The first-order chi connectivity index (χ1) is 7.63. The van der Waals surface area contributed by atoms with E-state index in [4.69, 9.17) is 10.5 Å². The third-order valence-corrected chi connectivity index (χ3v) is 2.18. The summed E-state index contributed by atoms with van der Waals surface area (Å²) in [5.74, 6) is 1.36. The van der Waals surface area contributed by atoms with E-state index in [1.165, 1.54) is 11.1 Å². The normalized spacial score (nSPS) is 10.1. The Kier molecular flexibility index (Phi) is 2.77. The molecule has 0 aliphatic rings. The van der Waals surface area contributed by atoms with Crippen molar-refractivity contribution in [3.8, 4) is 11.6 Å². The number of nitrogens with zero attached hydrogens (tertiary/aromatic N) is 1. The Morgan fingerprint density at radius 3 is 2.31 bits per heavy atom. The molecule has 0 radical (unpaired) electrons. The molecule has 2 aromatic rings. The number of hydrogen-bond acceptors (Lipinski definition) is 3. The Bertz CT molecular complexity index is 472. The Balaban J connectivity index is 2.23. The molecule has 0 bridgehead atoms. The van der Waals surface area contributed by atoms with Gasteiger partial charge in [-0.05, 0) is 43.2 Å². The fourth-order valence-corrected chi connectivity index (χ4v) is 1.56. The molecule has 0 unspecified atom stereocenters. The number of aryl methyl sites for hydroxylation is 2. The molecule has 2 N–H and O–H groups in total. The number of benzene rings is 1. The van der Waals surface area contributed by atoms with Crippen molar-refractivity contribution in [2.45, 2.75) is 13.8 Å². The topological polar surface area (TPSA) is 48.1 Å². The molecule has 3 nitrogen and oxygen atoms in total. The van der Waals surface area contributed by atoms with Crippen LogP contribution in [0.4, 0.5) is 5.69 Å². The van der Waals surface area contributed by atoms with Crippen molar-refractivity contribution in [3.05, 3.63) is 47.7 Å². The zero-order chi connectivity index (χ0) is 11.5. The highest BCUT2D eigenvalue weighted by Crippen LogP contribution is 2.22. The van der Waals surface area contributed by atoms with E-state index in [0.717, 1.165) is 5.75 Å². The highest BCUT2D eigenvalue weighted by atomic mass is 16.5. The number of rotatable bonds is 2. The van der Waals surface area contributed by atoms with E-state index in [2.05, 4.69) is 11.1 Å². The van der Waals surface area contributed by atoms with Gasteiger partial charge < -0.3 is 10.5 Å². The van der Waals surface area contributed by atoms with E-state index in [1.54, 1.807) is 18.3 Å². The number of pyridine rings is 1. The van der Waals surface area contributed by atoms with Crippen molar-refractivity contribution >= 4 is 5.69 Å². The maximum Gasteiger partial charge on any atom is 0.219 e. The molecule has 82 valence electrons. The predicted octanol–water partition coefficient (Wildman–Crippen LogP) is 3.07. The van der Waals surface area contributed by atoms with Crippen molar-refractivity contribution in [3.63, 3.8) is 0 Å². The van der Waals surface area contributed by atoms with E-state index < -0.39 is 0 Å². The second-order valence-corrected chi connectivity index (χ2v) is 3.86. The number of nitrogens with two attached hydrogens (primary N) is 1. The summed E-state index contributed by atoms with van der Waals surface area (Å²) in [6.45, 7) is 4.08. The number of ether oxygens (including phenoxy) is 1. The number of aromatic nitrogens is 1. The first-order valence-electron chi connectivity index (χ1n) is 5.11. The largest absolute Gasteiger partial charge is 0.439 e. The maximum atomic E-state index is 5.63. The van der Waals surface area contributed by atoms with Crippen molar-refractivity contribution in [1.82, 2.24) is 4.98 Å². The number of hydrogen-bond donors (Lipinski definition) is 1. The second-order valence-electron chi connectivity index (χ2n) is 3.86. The van der Waals surface area contributed by atoms with Gasteiger partial charge in [0.2, 0.25) is 5.88 Å². The van der Waals surface area contributed by atoms with Gasteiger partial charge in [-0.2, -0.15) is 0 Å². The van der Waals surface area contributed by atoms with Gasteiger partial charge in [0.1, 0.15) is 5.75 Å². The fraction of sp³-hybridized carbons (Fsp3) is 0.154. The zero-order valence-corrected chi connectivity index (χ0v) is 9.40. The van der Waals surface area contributed by atoms with Gasteiger partial charge >= 0.3 is 0 Å².